The molecule has 0 saturated carbocycles. The van der Waals surface area contributed by atoms with Crippen molar-refractivity contribution < 1.29 is 26.9 Å². The van der Waals surface area contributed by atoms with Gasteiger partial charge in [-0.3, -0.25) is 9.00 Å². The Morgan fingerprint density at radius 3 is 2.48 bits per heavy atom. The Balaban J connectivity index is 1.90. The van der Waals surface area contributed by atoms with E-state index in [2.05, 4.69) is 0 Å². The van der Waals surface area contributed by atoms with Crippen LogP contribution in [0.25, 0.3) is 0 Å². The minimum atomic E-state index is -4.39. The quantitative estimate of drug-likeness (QED) is 0.728. The Morgan fingerprint density at radius 2 is 1.86 bits per heavy atom. The molecule has 0 fully saturated rings. The van der Waals surface area contributed by atoms with Crippen LogP contribution >= 0.6 is 0 Å². The molecule has 3 rings (SSSR count). The average molecular weight is 425 g/mol. The van der Waals surface area contributed by atoms with Crippen LogP contribution in [-0.4, -0.2) is 33.9 Å². The highest BCUT2D eigenvalue weighted by atomic mass is 32.2. The first-order chi connectivity index (χ1) is 13.6. The fourth-order valence-corrected chi connectivity index (χ4v) is 3.83. The topological polar surface area (TPSA) is 46.6 Å². The van der Waals surface area contributed by atoms with Gasteiger partial charge in [-0.15, -0.1) is 0 Å². The van der Waals surface area contributed by atoms with Gasteiger partial charge in [0.25, 0.3) is 5.91 Å². The summed E-state index contributed by atoms with van der Waals surface area (Å²) in [7, 11) is -1.26. The van der Waals surface area contributed by atoms with Gasteiger partial charge in [-0.25, -0.2) is 0 Å². The molecular formula is C21H22F3NO3S. The van der Waals surface area contributed by atoms with E-state index in [0.29, 0.717) is 40.3 Å². The first kappa shape index (κ1) is 21.4. The predicted molar refractivity (Wildman–Crippen MR) is 104 cm³/mol. The number of nitrogens with zero attached hydrogens (tertiary/aromatic N) is 1. The largest absolute Gasteiger partial charge is 0.490 e. The van der Waals surface area contributed by atoms with E-state index in [4.69, 9.17) is 4.74 Å². The molecule has 0 radical (unpaired) electrons. The van der Waals surface area contributed by atoms with E-state index in [9.17, 15) is 22.2 Å². The Morgan fingerprint density at radius 1 is 1.14 bits per heavy atom. The first-order valence-electron chi connectivity index (χ1n) is 9.18. The van der Waals surface area contributed by atoms with Crippen LogP contribution < -0.4 is 4.74 Å². The lowest BCUT2D eigenvalue weighted by molar-refractivity contribution is -0.137. The first-order valence-corrected chi connectivity index (χ1v) is 10.7. The van der Waals surface area contributed by atoms with Crippen molar-refractivity contribution in [2.24, 2.45) is 0 Å². The Hall–Kier alpha value is -2.35. The van der Waals surface area contributed by atoms with Crippen molar-refractivity contribution in [1.29, 1.82) is 0 Å². The molecule has 1 aliphatic heterocycles. The third kappa shape index (κ3) is 4.80. The second-order valence-corrected chi connectivity index (χ2v) is 8.62. The van der Waals surface area contributed by atoms with Gasteiger partial charge in [0, 0.05) is 35.0 Å². The molecule has 1 atom stereocenters. The smallest absolute Gasteiger partial charge is 0.416 e. The summed E-state index contributed by atoms with van der Waals surface area (Å²) in [4.78, 5) is 15.3. The fraction of sp³-hybridized carbons (Fsp3) is 0.381. The van der Waals surface area contributed by atoms with E-state index < -0.39 is 22.5 Å². The molecule has 0 aromatic heterocycles. The third-order valence-electron chi connectivity index (χ3n) is 4.71. The highest BCUT2D eigenvalue weighted by molar-refractivity contribution is 7.84. The van der Waals surface area contributed by atoms with Gasteiger partial charge in [-0.1, -0.05) is 6.07 Å². The second-order valence-electron chi connectivity index (χ2n) is 7.24. The molecule has 29 heavy (non-hydrogen) atoms. The molecule has 0 spiro atoms. The molecule has 1 heterocycles. The average Bonchev–Trinajstić information content (AvgIpc) is 2.65. The van der Waals surface area contributed by atoms with Crippen molar-refractivity contribution >= 4 is 16.7 Å². The number of amides is 1. The highest BCUT2D eigenvalue weighted by Crippen LogP contribution is 2.33. The lowest BCUT2D eigenvalue weighted by Crippen LogP contribution is -2.36. The number of hydrogen-bond acceptors (Lipinski definition) is 3. The summed E-state index contributed by atoms with van der Waals surface area (Å²) in [6, 6.07) is 8.50. The second kappa shape index (κ2) is 8.18. The number of alkyl halides is 3. The third-order valence-corrected chi connectivity index (χ3v) is 5.63. The van der Waals surface area contributed by atoms with E-state index in [1.807, 2.05) is 13.8 Å². The maximum absolute atomic E-state index is 13.2. The summed E-state index contributed by atoms with van der Waals surface area (Å²) < 4.78 is 56.4. The number of rotatable bonds is 4. The van der Waals surface area contributed by atoms with Gasteiger partial charge in [0.1, 0.15) is 5.75 Å². The summed E-state index contributed by atoms with van der Waals surface area (Å²) in [6.07, 6.45) is -2.67. The van der Waals surface area contributed by atoms with Crippen molar-refractivity contribution in [2.75, 3.05) is 12.8 Å². The molecule has 1 unspecified atom stereocenters. The molecule has 8 heteroatoms. The van der Waals surface area contributed by atoms with Gasteiger partial charge < -0.3 is 9.64 Å². The zero-order chi connectivity index (χ0) is 21.3. The number of hydrogen-bond donors (Lipinski definition) is 0. The summed E-state index contributed by atoms with van der Waals surface area (Å²) in [5.41, 5.74) is 0.925. The Labute approximate surface area is 170 Å². The maximum Gasteiger partial charge on any atom is 0.416 e. The molecule has 0 aliphatic carbocycles. The van der Waals surface area contributed by atoms with Gasteiger partial charge in [0.2, 0.25) is 0 Å². The number of carbonyl (C=O) groups is 1. The monoisotopic (exact) mass is 425 g/mol. The number of benzene rings is 2. The van der Waals surface area contributed by atoms with Crippen LogP contribution in [0.15, 0.2) is 41.3 Å². The van der Waals surface area contributed by atoms with Crippen LogP contribution in [0.1, 0.15) is 40.9 Å². The van der Waals surface area contributed by atoms with Crippen molar-refractivity contribution in [3.8, 4) is 5.75 Å². The lowest BCUT2D eigenvalue weighted by atomic mass is 9.96. The van der Waals surface area contributed by atoms with E-state index in [1.165, 1.54) is 12.3 Å². The van der Waals surface area contributed by atoms with E-state index in [-0.39, 0.29) is 18.6 Å². The minimum Gasteiger partial charge on any atom is -0.490 e. The normalized spacial score (nSPS) is 15.2. The molecular weight excluding hydrogens is 403 g/mol. The van der Waals surface area contributed by atoms with Crippen LogP contribution in [0.4, 0.5) is 13.2 Å². The Bertz CT molecular complexity index is 957. The molecule has 1 amide bonds. The molecule has 156 valence electrons. The zero-order valence-electron chi connectivity index (χ0n) is 16.4. The molecule has 0 saturated heterocycles. The van der Waals surface area contributed by atoms with Crippen molar-refractivity contribution in [3.63, 3.8) is 0 Å². The van der Waals surface area contributed by atoms with Crippen LogP contribution in [0.3, 0.4) is 0 Å². The number of halogens is 3. The van der Waals surface area contributed by atoms with Crippen LogP contribution in [0.2, 0.25) is 0 Å². The minimum absolute atomic E-state index is 0.151. The number of ether oxygens (including phenoxy) is 1. The van der Waals surface area contributed by atoms with Gasteiger partial charge in [0.05, 0.1) is 17.2 Å². The van der Waals surface area contributed by atoms with Gasteiger partial charge >= 0.3 is 6.18 Å². The number of carbonyl (C=O) groups excluding carboxylic acids is 1. The molecule has 0 N–H and O–H groups in total. The summed E-state index contributed by atoms with van der Waals surface area (Å²) in [6.45, 7) is 4.20. The van der Waals surface area contributed by atoms with Gasteiger partial charge in [-0.2, -0.15) is 13.2 Å². The summed E-state index contributed by atoms with van der Waals surface area (Å²) in [5.74, 6) is 0.107. The number of fused-ring (bicyclic) bond motifs is 1. The Kier molecular flexibility index (Phi) is 6.03. The summed E-state index contributed by atoms with van der Waals surface area (Å²) in [5, 5.41) is 0. The molecule has 2 aromatic carbocycles. The van der Waals surface area contributed by atoms with Crippen LogP contribution in [0, 0.1) is 0 Å². The maximum atomic E-state index is 13.2. The van der Waals surface area contributed by atoms with Crippen LogP contribution in [-0.2, 0) is 29.9 Å². The molecule has 0 bridgehead atoms. The fourth-order valence-electron chi connectivity index (χ4n) is 3.28. The van der Waals surface area contributed by atoms with Gasteiger partial charge in [0.15, 0.2) is 0 Å². The van der Waals surface area contributed by atoms with Crippen molar-refractivity contribution in [1.82, 2.24) is 4.90 Å². The van der Waals surface area contributed by atoms with Gasteiger partial charge in [-0.05, 0) is 61.7 Å². The van der Waals surface area contributed by atoms with E-state index in [1.54, 1.807) is 23.1 Å². The van der Waals surface area contributed by atoms with E-state index >= 15 is 0 Å². The van der Waals surface area contributed by atoms with Crippen molar-refractivity contribution in [3.05, 3.63) is 58.7 Å². The lowest BCUT2D eigenvalue weighted by Gasteiger charge is -2.30. The molecule has 1 aliphatic rings. The zero-order valence-corrected chi connectivity index (χ0v) is 17.2. The summed E-state index contributed by atoms with van der Waals surface area (Å²) >= 11 is 0. The molecule has 4 nitrogen and oxygen atoms in total. The van der Waals surface area contributed by atoms with Crippen LogP contribution in [0.5, 0.6) is 5.75 Å². The highest BCUT2D eigenvalue weighted by Gasteiger charge is 2.32. The van der Waals surface area contributed by atoms with Crippen molar-refractivity contribution in [2.45, 2.75) is 44.0 Å². The van der Waals surface area contributed by atoms with E-state index in [0.717, 1.165) is 12.1 Å². The SMILES string of the molecule is CC(C)Oc1ccc(S(C)=O)cc1C(=O)N1CCc2cc(C(F)(F)F)ccc2C1. The molecule has 2 aromatic rings. The predicted octanol–water partition coefficient (Wildman–Crippen LogP) is 4.43. The standard InChI is InChI=1S/C21H22F3NO3S/c1-13(2)28-19-7-6-17(29(3)27)11-18(19)20(26)25-9-8-14-10-16(21(22,23)24)5-4-15(14)12-25/h4-7,10-11,13H,8-9,12H2,1-3H3.